The van der Waals surface area contributed by atoms with Crippen LogP contribution in [0.25, 0.3) is 0 Å². The number of ether oxygens (including phenoxy) is 1. The standard InChI is InChI=1S/C14H18BrClO3S/c1-9-7-12(19-2)10(8-11(9)15)14(16)13-5-3-4-6-20(13,17)18/h7-8,13-14H,3-6H2,1-2H3. The molecule has 0 aliphatic carbocycles. The highest BCUT2D eigenvalue weighted by molar-refractivity contribution is 9.10. The summed E-state index contributed by atoms with van der Waals surface area (Å²) in [5.41, 5.74) is 1.77. The summed E-state index contributed by atoms with van der Waals surface area (Å²) in [6.07, 6.45) is 2.25. The molecule has 0 amide bonds. The molecule has 0 bridgehead atoms. The fourth-order valence-electron chi connectivity index (χ4n) is 2.57. The number of hydrogen-bond donors (Lipinski definition) is 0. The van der Waals surface area contributed by atoms with Gasteiger partial charge < -0.3 is 4.74 Å². The van der Waals surface area contributed by atoms with E-state index in [2.05, 4.69) is 15.9 Å². The van der Waals surface area contributed by atoms with Crippen LogP contribution in [0.3, 0.4) is 0 Å². The molecule has 1 saturated heterocycles. The fraction of sp³-hybridized carbons (Fsp3) is 0.571. The summed E-state index contributed by atoms with van der Waals surface area (Å²) in [5, 5.41) is -1.10. The van der Waals surface area contributed by atoms with Crippen molar-refractivity contribution in [3.8, 4) is 5.75 Å². The average molecular weight is 382 g/mol. The predicted octanol–water partition coefficient (Wildman–Crippen LogP) is 4.01. The maximum atomic E-state index is 12.2. The van der Waals surface area contributed by atoms with E-state index in [-0.39, 0.29) is 5.75 Å². The second-order valence-electron chi connectivity index (χ2n) is 5.15. The first-order valence-corrected chi connectivity index (χ1v) is 9.51. The number of halogens is 2. The van der Waals surface area contributed by atoms with E-state index in [1.807, 2.05) is 19.1 Å². The third-order valence-corrected chi connectivity index (χ3v) is 7.59. The van der Waals surface area contributed by atoms with E-state index in [4.69, 9.17) is 16.3 Å². The Morgan fingerprint density at radius 1 is 1.40 bits per heavy atom. The van der Waals surface area contributed by atoms with Crippen molar-refractivity contribution in [1.82, 2.24) is 0 Å². The number of sulfone groups is 1. The van der Waals surface area contributed by atoms with Crippen LogP contribution in [-0.4, -0.2) is 26.5 Å². The first kappa shape index (κ1) is 16.1. The number of rotatable bonds is 3. The van der Waals surface area contributed by atoms with Gasteiger partial charge in [0.2, 0.25) is 0 Å². The van der Waals surface area contributed by atoms with Crippen LogP contribution >= 0.6 is 27.5 Å². The minimum absolute atomic E-state index is 0.232. The van der Waals surface area contributed by atoms with Gasteiger partial charge in [-0.15, -0.1) is 11.6 Å². The maximum Gasteiger partial charge on any atom is 0.154 e. The molecule has 0 aromatic heterocycles. The number of alkyl halides is 1. The number of methoxy groups -OCH3 is 1. The summed E-state index contributed by atoms with van der Waals surface area (Å²) in [4.78, 5) is 0. The molecule has 1 heterocycles. The lowest BCUT2D eigenvalue weighted by Gasteiger charge is -2.27. The molecule has 1 fully saturated rings. The molecule has 3 nitrogen and oxygen atoms in total. The Labute approximate surface area is 133 Å². The third kappa shape index (κ3) is 3.15. The molecular weight excluding hydrogens is 364 g/mol. The highest BCUT2D eigenvalue weighted by atomic mass is 79.9. The monoisotopic (exact) mass is 380 g/mol. The molecule has 2 rings (SSSR count). The smallest absolute Gasteiger partial charge is 0.154 e. The lowest BCUT2D eigenvalue weighted by Crippen LogP contribution is -2.32. The van der Waals surface area contributed by atoms with Crippen LogP contribution in [0.1, 0.15) is 35.8 Å². The van der Waals surface area contributed by atoms with Crippen molar-refractivity contribution in [3.05, 3.63) is 27.7 Å². The van der Waals surface area contributed by atoms with Crippen LogP contribution in [0, 0.1) is 6.92 Å². The van der Waals surface area contributed by atoms with Gasteiger partial charge in [-0.3, -0.25) is 0 Å². The first-order valence-electron chi connectivity index (χ1n) is 6.56. The summed E-state index contributed by atoms with van der Waals surface area (Å²) in [6.45, 7) is 1.96. The zero-order chi connectivity index (χ0) is 14.9. The molecule has 0 N–H and O–H groups in total. The first-order chi connectivity index (χ1) is 9.36. The largest absolute Gasteiger partial charge is 0.496 e. The Kier molecular flexibility index (Phi) is 5.03. The van der Waals surface area contributed by atoms with E-state index >= 15 is 0 Å². The second-order valence-corrected chi connectivity index (χ2v) is 8.81. The van der Waals surface area contributed by atoms with Crippen LogP contribution in [0.15, 0.2) is 16.6 Å². The van der Waals surface area contributed by atoms with Crippen LogP contribution in [0.2, 0.25) is 0 Å². The van der Waals surface area contributed by atoms with Crippen molar-refractivity contribution in [3.63, 3.8) is 0 Å². The van der Waals surface area contributed by atoms with Gasteiger partial charge in [0.05, 0.1) is 23.5 Å². The van der Waals surface area contributed by atoms with Crippen LogP contribution in [0.5, 0.6) is 5.75 Å². The van der Waals surface area contributed by atoms with Gasteiger partial charge in [0.1, 0.15) is 5.75 Å². The van der Waals surface area contributed by atoms with E-state index in [0.717, 1.165) is 28.4 Å². The van der Waals surface area contributed by atoms with Crippen molar-refractivity contribution < 1.29 is 13.2 Å². The van der Waals surface area contributed by atoms with Gasteiger partial charge in [-0.25, -0.2) is 8.42 Å². The molecule has 112 valence electrons. The molecule has 2 atom stereocenters. The molecule has 0 saturated carbocycles. The number of hydrogen-bond acceptors (Lipinski definition) is 3. The summed E-state index contributed by atoms with van der Waals surface area (Å²) < 4.78 is 30.7. The Morgan fingerprint density at radius 2 is 2.10 bits per heavy atom. The normalized spacial score (nSPS) is 23.3. The van der Waals surface area contributed by atoms with Gasteiger partial charge in [0.25, 0.3) is 0 Å². The second kappa shape index (κ2) is 6.24. The van der Waals surface area contributed by atoms with E-state index in [1.54, 1.807) is 7.11 Å². The van der Waals surface area contributed by atoms with E-state index < -0.39 is 20.5 Å². The molecule has 1 aliphatic heterocycles. The van der Waals surface area contributed by atoms with Gasteiger partial charge in [-0.2, -0.15) is 0 Å². The highest BCUT2D eigenvalue weighted by Crippen LogP contribution is 2.41. The van der Waals surface area contributed by atoms with Gasteiger partial charge >= 0.3 is 0 Å². The molecule has 2 unspecified atom stereocenters. The lowest BCUT2D eigenvalue weighted by atomic mass is 10.0. The minimum atomic E-state index is -3.12. The topological polar surface area (TPSA) is 43.4 Å². The van der Waals surface area contributed by atoms with E-state index in [9.17, 15) is 8.42 Å². The van der Waals surface area contributed by atoms with Crippen molar-refractivity contribution in [2.45, 2.75) is 36.8 Å². The van der Waals surface area contributed by atoms with Gasteiger partial charge in [0.15, 0.2) is 9.84 Å². The van der Waals surface area contributed by atoms with Crippen LogP contribution in [-0.2, 0) is 9.84 Å². The van der Waals surface area contributed by atoms with Crippen molar-refractivity contribution in [2.24, 2.45) is 0 Å². The predicted molar refractivity (Wildman–Crippen MR) is 85.5 cm³/mol. The SMILES string of the molecule is COc1cc(C)c(Br)cc1C(Cl)C1CCCCS1(=O)=O. The van der Waals surface area contributed by atoms with Crippen molar-refractivity contribution >= 4 is 37.4 Å². The highest BCUT2D eigenvalue weighted by Gasteiger charge is 2.36. The quantitative estimate of drug-likeness (QED) is 0.743. The van der Waals surface area contributed by atoms with Gasteiger partial charge in [0, 0.05) is 10.0 Å². The van der Waals surface area contributed by atoms with E-state index in [1.165, 1.54) is 0 Å². The molecule has 1 aromatic carbocycles. The minimum Gasteiger partial charge on any atom is -0.496 e. The molecule has 0 spiro atoms. The Morgan fingerprint density at radius 3 is 2.70 bits per heavy atom. The Bertz CT molecular complexity index is 601. The summed E-state index contributed by atoms with van der Waals surface area (Å²) in [7, 11) is -1.55. The van der Waals surface area contributed by atoms with Gasteiger partial charge in [-0.05, 0) is 37.5 Å². The van der Waals surface area contributed by atoms with Crippen LogP contribution < -0.4 is 4.74 Å². The third-order valence-electron chi connectivity index (χ3n) is 3.76. The molecule has 0 radical (unpaired) electrons. The molecular formula is C14H18BrClO3S. The zero-order valence-corrected chi connectivity index (χ0v) is 14.7. The Hall–Kier alpha value is -0.260. The average Bonchev–Trinajstić information content (AvgIpc) is 2.40. The van der Waals surface area contributed by atoms with Gasteiger partial charge in [-0.1, -0.05) is 22.4 Å². The Balaban J connectivity index is 2.42. The molecule has 1 aromatic rings. The summed E-state index contributed by atoms with van der Waals surface area (Å²) >= 11 is 9.96. The number of benzene rings is 1. The summed E-state index contributed by atoms with van der Waals surface area (Å²) in [5.74, 6) is 0.877. The van der Waals surface area contributed by atoms with Crippen molar-refractivity contribution in [1.29, 1.82) is 0 Å². The van der Waals surface area contributed by atoms with Crippen LogP contribution in [0.4, 0.5) is 0 Å². The zero-order valence-electron chi connectivity index (χ0n) is 11.5. The maximum absolute atomic E-state index is 12.2. The van der Waals surface area contributed by atoms with Crippen molar-refractivity contribution in [2.75, 3.05) is 12.9 Å². The number of aryl methyl sites for hydroxylation is 1. The molecule has 20 heavy (non-hydrogen) atoms. The molecule has 1 aliphatic rings. The molecule has 6 heteroatoms. The lowest BCUT2D eigenvalue weighted by molar-refractivity contribution is 0.407. The summed E-state index contributed by atoms with van der Waals surface area (Å²) in [6, 6.07) is 3.75. The van der Waals surface area contributed by atoms with E-state index in [0.29, 0.717) is 12.2 Å². The fourth-order valence-corrected chi connectivity index (χ4v) is 5.64.